The van der Waals surface area contributed by atoms with Gasteiger partial charge in [0.25, 0.3) is 11.8 Å². The molecule has 9 heteroatoms. The van der Waals surface area contributed by atoms with Crippen LogP contribution in [0.5, 0.6) is 0 Å². The summed E-state index contributed by atoms with van der Waals surface area (Å²) in [5, 5.41) is 6.92. The summed E-state index contributed by atoms with van der Waals surface area (Å²) in [6.45, 7) is 0.251. The molecule has 0 saturated carbocycles. The number of carbonyl (C=O) groups is 1. The molecule has 0 atom stereocenters. The first-order valence-corrected chi connectivity index (χ1v) is 9.53. The molecule has 0 aliphatic carbocycles. The molecular weight excluding hydrogens is 426 g/mol. The molecule has 0 unspecified atom stereocenters. The fraction of sp³-hybridized carbons (Fsp3) is 0.0870. The van der Waals surface area contributed by atoms with Crippen molar-refractivity contribution in [3.05, 3.63) is 89.3 Å². The van der Waals surface area contributed by atoms with Crippen LogP contribution in [0.4, 0.5) is 23.2 Å². The molecule has 0 fully saturated rings. The number of amides is 1. The summed E-state index contributed by atoms with van der Waals surface area (Å²) < 4.78 is 57.6. The molecule has 0 N–H and O–H groups in total. The lowest BCUT2D eigenvalue weighted by Crippen LogP contribution is -2.23. The maximum absolute atomic E-state index is 13.8. The molecule has 1 aliphatic heterocycles. The number of hydrogen-bond donors (Lipinski definition) is 0. The Morgan fingerprint density at radius 2 is 1.66 bits per heavy atom. The molecule has 32 heavy (non-hydrogen) atoms. The summed E-state index contributed by atoms with van der Waals surface area (Å²) in [6, 6.07) is 15.3. The number of benzene rings is 3. The summed E-state index contributed by atoms with van der Waals surface area (Å²) in [4.78, 5) is 14.7. The van der Waals surface area contributed by atoms with Crippen LogP contribution >= 0.6 is 0 Å². The number of fused-ring (bicyclic) bond motifs is 1. The second-order valence-electron chi connectivity index (χ2n) is 7.16. The number of alkyl halides is 2. The van der Waals surface area contributed by atoms with Gasteiger partial charge in [-0.15, -0.1) is 10.2 Å². The molecule has 5 nitrogen and oxygen atoms in total. The molecule has 0 bridgehead atoms. The second kappa shape index (κ2) is 7.60. The highest BCUT2D eigenvalue weighted by Crippen LogP contribution is 2.37. The molecular formula is C23H13F4N3O2. The van der Waals surface area contributed by atoms with E-state index in [-0.39, 0.29) is 18.3 Å². The van der Waals surface area contributed by atoms with Crippen LogP contribution in [0, 0.1) is 11.6 Å². The van der Waals surface area contributed by atoms with Gasteiger partial charge in [0.15, 0.2) is 11.6 Å². The SMILES string of the molecule is O=C1c2cc(-c3nnc(C(F)F)o3)ccc2CN1c1ccccc1-c1ccc(F)c(F)c1. The molecule has 1 aromatic heterocycles. The van der Waals surface area contributed by atoms with E-state index in [2.05, 4.69) is 10.2 Å². The molecule has 1 aliphatic rings. The van der Waals surface area contributed by atoms with Crippen molar-refractivity contribution >= 4 is 11.6 Å². The summed E-state index contributed by atoms with van der Waals surface area (Å²) in [6.07, 6.45) is -2.89. The Labute approximate surface area is 178 Å². The lowest BCUT2D eigenvalue weighted by atomic mass is 10.0. The topological polar surface area (TPSA) is 59.2 Å². The molecule has 3 aromatic carbocycles. The van der Waals surface area contributed by atoms with Gasteiger partial charge in [0.1, 0.15) is 0 Å². The monoisotopic (exact) mass is 439 g/mol. The third-order valence-corrected chi connectivity index (χ3v) is 5.21. The molecule has 0 radical (unpaired) electrons. The van der Waals surface area contributed by atoms with E-state index in [0.717, 1.165) is 12.1 Å². The molecule has 0 saturated heterocycles. The average Bonchev–Trinajstić information content (AvgIpc) is 3.41. The number of halogens is 4. The maximum Gasteiger partial charge on any atom is 0.314 e. The van der Waals surface area contributed by atoms with Crippen molar-refractivity contribution in [2.75, 3.05) is 4.90 Å². The van der Waals surface area contributed by atoms with E-state index >= 15 is 0 Å². The smallest absolute Gasteiger partial charge is 0.314 e. The van der Waals surface area contributed by atoms with Gasteiger partial charge < -0.3 is 9.32 Å². The minimum Gasteiger partial charge on any atom is -0.415 e. The number of anilines is 1. The van der Waals surface area contributed by atoms with Crippen molar-refractivity contribution in [2.45, 2.75) is 13.0 Å². The van der Waals surface area contributed by atoms with Crippen LogP contribution in [-0.4, -0.2) is 16.1 Å². The standard InChI is InChI=1S/C23H13F4N3O2/c24-17-8-7-12(10-18(17)25)15-3-1-2-4-19(15)30-11-14-6-5-13(9-16(14)23(30)31)21-28-29-22(32-21)20(26)27/h1-10,20H,11H2. The van der Waals surface area contributed by atoms with Crippen LogP contribution in [0.15, 0.2) is 65.1 Å². The normalized spacial score (nSPS) is 13.2. The van der Waals surface area contributed by atoms with Crippen molar-refractivity contribution in [1.82, 2.24) is 10.2 Å². The first-order valence-electron chi connectivity index (χ1n) is 9.53. The minimum atomic E-state index is -2.89. The number of hydrogen-bond acceptors (Lipinski definition) is 4. The van der Waals surface area contributed by atoms with E-state index in [9.17, 15) is 22.4 Å². The quantitative estimate of drug-likeness (QED) is 0.378. The van der Waals surface area contributed by atoms with E-state index in [0.29, 0.717) is 33.5 Å². The zero-order valence-electron chi connectivity index (χ0n) is 16.2. The summed E-state index contributed by atoms with van der Waals surface area (Å²) >= 11 is 0. The van der Waals surface area contributed by atoms with Crippen molar-refractivity contribution in [3.8, 4) is 22.6 Å². The molecule has 5 rings (SSSR count). The van der Waals surface area contributed by atoms with Gasteiger partial charge >= 0.3 is 6.43 Å². The van der Waals surface area contributed by atoms with E-state index in [1.54, 1.807) is 36.4 Å². The summed E-state index contributed by atoms with van der Waals surface area (Å²) in [5.41, 5.74) is 2.93. The highest BCUT2D eigenvalue weighted by atomic mass is 19.3. The van der Waals surface area contributed by atoms with Gasteiger partial charge in [0.05, 0.1) is 12.2 Å². The number of nitrogens with zero attached hydrogens (tertiary/aromatic N) is 3. The van der Waals surface area contributed by atoms with E-state index in [1.165, 1.54) is 17.0 Å². The molecule has 160 valence electrons. The highest BCUT2D eigenvalue weighted by molar-refractivity contribution is 6.12. The zero-order chi connectivity index (χ0) is 22.4. The van der Waals surface area contributed by atoms with Gasteiger partial charge in [-0.05, 0) is 41.5 Å². The van der Waals surface area contributed by atoms with E-state index in [4.69, 9.17) is 4.42 Å². The Balaban J connectivity index is 1.51. The minimum absolute atomic E-state index is 0.114. The van der Waals surface area contributed by atoms with Gasteiger partial charge in [0, 0.05) is 16.7 Å². The van der Waals surface area contributed by atoms with Crippen LogP contribution in [0.3, 0.4) is 0 Å². The third kappa shape index (κ3) is 3.31. The van der Waals surface area contributed by atoms with Crippen molar-refractivity contribution < 1.29 is 26.8 Å². The lowest BCUT2D eigenvalue weighted by molar-refractivity contribution is 0.0996. The van der Waals surface area contributed by atoms with Gasteiger partial charge in [-0.25, -0.2) is 8.78 Å². The van der Waals surface area contributed by atoms with Crippen molar-refractivity contribution in [3.63, 3.8) is 0 Å². The number of rotatable bonds is 4. The molecule has 0 spiro atoms. The fourth-order valence-electron chi connectivity index (χ4n) is 3.68. The Morgan fingerprint density at radius 3 is 2.41 bits per heavy atom. The van der Waals surface area contributed by atoms with Crippen molar-refractivity contribution in [2.24, 2.45) is 0 Å². The second-order valence-corrected chi connectivity index (χ2v) is 7.16. The number of para-hydroxylation sites is 1. The van der Waals surface area contributed by atoms with Gasteiger partial charge in [-0.3, -0.25) is 4.79 Å². The van der Waals surface area contributed by atoms with Crippen LogP contribution in [0.25, 0.3) is 22.6 Å². The third-order valence-electron chi connectivity index (χ3n) is 5.21. The van der Waals surface area contributed by atoms with E-state index in [1.807, 2.05) is 0 Å². The van der Waals surface area contributed by atoms with Crippen LogP contribution in [0.1, 0.15) is 28.2 Å². The predicted molar refractivity (Wildman–Crippen MR) is 107 cm³/mol. The first kappa shape index (κ1) is 19.9. The first-order chi connectivity index (χ1) is 15.4. The number of aromatic nitrogens is 2. The van der Waals surface area contributed by atoms with Crippen LogP contribution in [-0.2, 0) is 6.54 Å². The average molecular weight is 439 g/mol. The van der Waals surface area contributed by atoms with Gasteiger partial charge in [0.2, 0.25) is 5.89 Å². The van der Waals surface area contributed by atoms with Gasteiger partial charge in [-0.1, -0.05) is 30.3 Å². The van der Waals surface area contributed by atoms with Crippen LogP contribution < -0.4 is 4.90 Å². The fourth-order valence-corrected chi connectivity index (χ4v) is 3.68. The highest BCUT2D eigenvalue weighted by Gasteiger charge is 2.31. The maximum atomic E-state index is 13.8. The summed E-state index contributed by atoms with van der Waals surface area (Å²) in [5.74, 6) is -3.18. The lowest BCUT2D eigenvalue weighted by Gasteiger charge is -2.20. The van der Waals surface area contributed by atoms with Gasteiger partial charge in [-0.2, -0.15) is 8.78 Å². The Kier molecular flexibility index (Phi) is 4.73. The largest absolute Gasteiger partial charge is 0.415 e. The van der Waals surface area contributed by atoms with Crippen LogP contribution in [0.2, 0.25) is 0 Å². The van der Waals surface area contributed by atoms with E-state index < -0.39 is 24.0 Å². The number of carbonyl (C=O) groups excluding carboxylic acids is 1. The Morgan fingerprint density at radius 1 is 0.875 bits per heavy atom. The summed E-state index contributed by atoms with van der Waals surface area (Å²) in [7, 11) is 0. The Bertz CT molecular complexity index is 1350. The van der Waals surface area contributed by atoms with Crippen molar-refractivity contribution in [1.29, 1.82) is 0 Å². The molecule has 2 heterocycles. The zero-order valence-corrected chi connectivity index (χ0v) is 16.2. The molecule has 1 amide bonds. The molecule has 4 aromatic rings. The predicted octanol–water partition coefficient (Wildman–Crippen LogP) is 5.78. The Hall–Kier alpha value is -4.01.